The van der Waals surface area contributed by atoms with Crippen molar-refractivity contribution in [3.63, 3.8) is 0 Å². The molecule has 0 saturated heterocycles. The average Bonchev–Trinajstić information content (AvgIpc) is 3.16. The molecular formula is C20H18N6. The number of benzene rings is 1. The maximum atomic E-state index is 4.47. The van der Waals surface area contributed by atoms with Crippen molar-refractivity contribution in [2.24, 2.45) is 0 Å². The lowest BCUT2D eigenvalue weighted by Crippen LogP contribution is -2.02. The summed E-state index contributed by atoms with van der Waals surface area (Å²) in [5.41, 5.74) is 4.21. The van der Waals surface area contributed by atoms with Crippen molar-refractivity contribution in [2.75, 3.05) is 5.32 Å². The van der Waals surface area contributed by atoms with E-state index in [0.29, 0.717) is 13.1 Å². The number of rotatable bonds is 6. The molecule has 0 aliphatic carbocycles. The molecule has 3 heterocycles. The van der Waals surface area contributed by atoms with Crippen LogP contribution < -0.4 is 5.32 Å². The molecule has 0 unspecified atom stereocenters. The molecule has 0 saturated carbocycles. The molecule has 0 fully saturated rings. The first-order valence-electron chi connectivity index (χ1n) is 8.40. The molecule has 6 nitrogen and oxygen atoms in total. The Kier molecular flexibility index (Phi) is 4.64. The summed E-state index contributed by atoms with van der Waals surface area (Å²) in [5.74, 6) is 0.812. The van der Waals surface area contributed by atoms with Crippen LogP contribution in [0.2, 0.25) is 0 Å². The van der Waals surface area contributed by atoms with Gasteiger partial charge in [-0.15, -0.1) is 5.10 Å². The first kappa shape index (κ1) is 16.0. The molecule has 128 valence electrons. The Bertz CT molecular complexity index is 949. The largest absolute Gasteiger partial charge is 0.364 e. The summed E-state index contributed by atoms with van der Waals surface area (Å²) in [6, 6.07) is 18.2. The number of nitrogens with zero attached hydrogens (tertiary/aromatic N) is 5. The molecule has 0 radical (unpaired) electrons. The molecular weight excluding hydrogens is 324 g/mol. The molecule has 6 heteroatoms. The molecule has 0 amide bonds. The van der Waals surface area contributed by atoms with Crippen molar-refractivity contribution < 1.29 is 0 Å². The number of anilines is 1. The Morgan fingerprint density at radius 1 is 0.885 bits per heavy atom. The van der Waals surface area contributed by atoms with Crippen molar-refractivity contribution in [1.82, 2.24) is 25.0 Å². The van der Waals surface area contributed by atoms with Crippen molar-refractivity contribution in [1.29, 1.82) is 0 Å². The predicted molar refractivity (Wildman–Crippen MR) is 100 cm³/mol. The van der Waals surface area contributed by atoms with Crippen LogP contribution in [-0.2, 0) is 13.1 Å². The van der Waals surface area contributed by atoms with Crippen LogP contribution >= 0.6 is 0 Å². The summed E-state index contributed by atoms with van der Waals surface area (Å²) in [6.45, 7) is 1.23. The van der Waals surface area contributed by atoms with E-state index >= 15 is 0 Å². The van der Waals surface area contributed by atoms with Crippen molar-refractivity contribution in [3.8, 4) is 11.1 Å². The minimum Gasteiger partial charge on any atom is -0.364 e. The van der Waals surface area contributed by atoms with E-state index in [4.69, 9.17) is 0 Å². The molecule has 0 bridgehead atoms. The Balaban J connectivity index is 1.36. The van der Waals surface area contributed by atoms with E-state index in [9.17, 15) is 0 Å². The fourth-order valence-electron chi connectivity index (χ4n) is 2.66. The highest BCUT2D eigenvalue weighted by molar-refractivity contribution is 5.63. The highest BCUT2D eigenvalue weighted by atomic mass is 15.4. The van der Waals surface area contributed by atoms with Crippen molar-refractivity contribution >= 4 is 5.82 Å². The van der Waals surface area contributed by atoms with E-state index < -0.39 is 0 Å². The summed E-state index contributed by atoms with van der Waals surface area (Å²) in [6.07, 6.45) is 7.39. The van der Waals surface area contributed by atoms with Crippen LogP contribution in [0.15, 0.2) is 79.4 Å². The minimum atomic E-state index is 0.574. The maximum Gasteiger partial charge on any atom is 0.126 e. The van der Waals surface area contributed by atoms with Gasteiger partial charge in [-0.25, -0.2) is 9.67 Å². The molecule has 1 aromatic carbocycles. The Labute approximate surface area is 151 Å². The zero-order valence-electron chi connectivity index (χ0n) is 14.2. The van der Waals surface area contributed by atoms with E-state index in [-0.39, 0.29) is 0 Å². The molecule has 26 heavy (non-hydrogen) atoms. The number of pyridine rings is 2. The van der Waals surface area contributed by atoms with E-state index in [1.54, 1.807) is 10.9 Å². The number of hydrogen-bond acceptors (Lipinski definition) is 5. The highest BCUT2D eigenvalue weighted by Gasteiger charge is 2.03. The van der Waals surface area contributed by atoms with Gasteiger partial charge in [0.15, 0.2) is 0 Å². The quantitative estimate of drug-likeness (QED) is 0.582. The smallest absolute Gasteiger partial charge is 0.126 e. The first-order chi connectivity index (χ1) is 12.9. The maximum absolute atomic E-state index is 4.47. The third kappa shape index (κ3) is 3.92. The second-order valence-electron chi connectivity index (χ2n) is 5.92. The molecule has 4 rings (SSSR count). The summed E-state index contributed by atoms with van der Waals surface area (Å²) in [5, 5.41) is 11.6. The van der Waals surface area contributed by atoms with Crippen LogP contribution in [0.4, 0.5) is 5.82 Å². The van der Waals surface area contributed by atoms with Crippen LogP contribution in [0, 0.1) is 0 Å². The molecule has 3 aromatic heterocycles. The van der Waals surface area contributed by atoms with Crippen molar-refractivity contribution in [2.45, 2.75) is 13.1 Å². The van der Waals surface area contributed by atoms with Gasteiger partial charge in [0.05, 0.1) is 19.3 Å². The van der Waals surface area contributed by atoms with Gasteiger partial charge >= 0.3 is 0 Å². The number of hydrogen-bond donors (Lipinski definition) is 1. The van der Waals surface area contributed by atoms with E-state index in [2.05, 4.69) is 43.8 Å². The molecule has 0 aliphatic rings. The van der Waals surface area contributed by atoms with Gasteiger partial charge in [-0.2, -0.15) is 0 Å². The van der Waals surface area contributed by atoms with Gasteiger partial charge < -0.3 is 5.32 Å². The van der Waals surface area contributed by atoms with Gasteiger partial charge in [0, 0.05) is 24.2 Å². The van der Waals surface area contributed by atoms with Crippen LogP contribution in [0.3, 0.4) is 0 Å². The fourth-order valence-corrected chi connectivity index (χ4v) is 2.66. The lowest BCUT2D eigenvalue weighted by Gasteiger charge is -2.05. The van der Waals surface area contributed by atoms with Crippen LogP contribution in [0.1, 0.15) is 11.3 Å². The van der Waals surface area contributed by atoms with Gasteiger partial charge in [0.1, 0.15) is 11.5 Å². The topological polar surface area (TPSA) is 68.5 Å². The first-order valence-corrected chi connectivity index (χ1v) is 8.40. The van der Waals surface area contributed by atoms with E-state index in [0.717, 1.165) is 28.2 Å². The third-order valence-corrected chi connectivity index (χ3v) is 3.97. The Hall–Kier alpha value is -3.54. The third-order valence-electron chi connectivity index (χ3n) is 3.97. The Morgan fingerprint density at radius 2 is 1.81 bits per heavy atom. The second kappa shape index (κ2) is 7.57. The molecule has 0 aliphatic heterocycles. The van der Waals surface area contributed by atoms with Gasteiger partial charge in [0.25, 0.3) is 0 Å². The zero-order valence-corrected chi connectivity index (χ0v) is 14.2. The van der Waals surface area contributed by atoms with Crippen molar-refractivity contribution in [3.05, 3.63) is 90.6 Å². The average molecular weight is 342 g/mol. The lowest BCUT2D eigenvalue weighted by atomic mass is 10.1. The van der Waals surface area contributed by atoms with Gasteiger partial charge in [-0.1, -0.05) is 41.6 Å². The number of aromatic nitrogens is 5. The van der Waals surface area contributed by atoms with Crippen LogP contribution in [0.25, 0.3) is 11.1 Å². The summed E-state index contributed by atoms with van der Waals surface area (Å²) in [4.78, 5) is 8.58. The zero-order chi connectivity index (χ0) is 17.6. The van der Waals surface area contributed by atoms with E-state index in [1.165, 1.54) is 0 Å². The monoisotopic (exact) mass is 342 g/mol. The fraction of sp³-hybridized carbons (Fsp3) is 0.100. The second-order valence-corrected chi connectivity index (χ2v) is 5.92. The molecule has 4 aromatic rings. The lowest BCUT2D eigenvalue weighted by molar-refractivity contribution is 0.648. The molecule has 1 N–H and O–H groups in total. The minimum absolute atomic E-state index is 0.574. The molecule has 0 atom stereocenters. The van der Waals surface area contributed by atoms with Gasteiger partial charge in [0.2, 0.25) is 0 Å². The molecule has 0 spiro atoms. The predicted octanol–water partition coefficient (Wildman–Crippen LogP) is 3.40. The van der Waals surface area contributed by atoms with Gasteiger partial charge in [-0.3, -0.25) is 4.98 Å². The standard InChI is InChI=1S/C20H18N6/c1-2-6-17(7-3-1)18-8-9-20(22-12-18)23-13-19-15-26(25-24-19)14-16-5-4-10-21-11-16/h1-12,15H,13-14H2,(H,22,23). The summed E-state index contributed by atoms with van der Waals surface area (Å²) < 4.78 is 1.81. The Morgan fingerprint density at radius 3 is 2.58 bits per heavy atom. The van der Waals surface area contributed by atoms with Gasteiger partial charge in [-0.05, 0) is 29.3 Å². The summed E-state index contributed by atoms with van der Waals surface area (Å²) in [7, 11) is 0. The normalized spacial score (nSPS) is 10.6. The number of nitrogens with one attached hydrogen (secondary N) is 1. The highest BCUT2D eigenvalue weighted by Crippen LogP contribution is 2.19. The van der Waals surface area contributed by atoms with Crippen LogP contribution in [-0.4, -0.2) is 25.0 Å². The SMILES string of the molecule is c1ccc(-c2ccc(NCc3cn(Cc4cccnc4)nn3)nc2)cc1. The summed E-state index contributed by atoms with van der Waals surface area (Å²) >= 11 is 0. The van der Waals surface area contributed by atoms with E-state index in [1.807, 2.05) is 55.0 Å². The van der Waals surface area contributed by atoms with Crippen LogP contribution in [0.5, 0.6) is 0 Å².